The molecule has 0 spiro atoms. The van der Waals surface area contributed by atoms with E-state index in [4.69, 9.17) is 14.7 Å². The highest BCUT2D eigenvalue weighted by Crippen LogP contribution is 2.39. The van der Waals surface area contributed by atoms with Crippen molar-refractivity contribution in [2.45, 2.75) is 70.3 Å². The van der Waals surface area contributed by atoms with Gasteiger partial charge in [0.05, 0.1) is 18.8 Å². The van der Waals surface area contributed by atoms with Crippen LogP contribution in [-0.2, 0) is 32.2 Å². The monoisotopic (exact) mass is 651 g/mol. The summed E-state index contributed by atoms with van der Waals surface area (Å²) in [6, 6.07) is 34.7. The second-order valence-corrected chi connectivity index (χ2v) is 12.3. The van der Waals surface area contributed by atoms with Gasteiger partial charge in [0, 0.05) is 44.0 Å². The Kier molecular flexibility index (Phi) is 12.5. The van der Waals surface area contributed by atoms with Crippen molar-refractivity contribution in [1.82, 2.24) is 15.7 Å². The number of hydrogen-bond acceptors (Lipinski definition) is 7. The molecular weight excluding hydrogens is 606 g/mol. The van der Waals surface area contributed by atoms with Crippen LogP contribution >= 0.6 is 0 Å². The van der Waals surface area contributed by atoms with Gasteiger partial charge in [0.25, 0.3) is 0 Å². The number of nitrogens with one attached hydrogen (secondary N) is 2. The molecule has 1 fully saturated rings. The van der Waals surface area contributed by atoms with Gasteiger partial charge in [0.2, 0.25) is 11.8 Å². The van der Waals surface area contributed by atoms with Crippen molar-refractivity contribution in [3.05, 3.63) is 131 Å². The van der Waals surface area contributed by atoms with E-state index in [0.29, 0.717) is 19.4 Å². The fraction of sp³-hybridized carbons (Fsp3) is 0.333. The number of carbonyl (C=O) groups excluding carboxylic acids is 2. The van der Waals surface area contributed by atoms with E-state index in [1.807, 2.05) is 66.7 Å². The molecule has 0 aromatic heterocycles. The van der Waals surface area contributed by atoms with Gasteiger partial charge in [-0.3, -0.25) is 19.7 Å². The first-order valence-electron chi connectivity index (χ1n) is 16.5. The highest BCUT2D eigenvalue weighted by Gasteiger charge is 2.33. The van der Waals surface area contributed by atoms with Crippen LogP contribution in [-0.4, -0.2) is 46.7 Å². The Balaban J connectivity index is 1.29. The summed E-state index contributed by atoms with van der Waals surface area (Å²) < 4.78 is 13.2. The first-order valence-corrected chi connectivity index (χ1v) is 16.5. The number of benzene rings is 4. The maximum absolute atomic E-state index is 12.4. The summed E-state index contributed by atoms with van der Waals surface area (Å²) in [4.78, 5) is 25.9. The molecule has 4 N–H and O–H groups in total. The van der Waals surface area contributed by atoms with Gasteiger partial charge >= 0.3 is 0 Å². The average Bonchev–Trinajstić information content (AvgIpc) is 3.14. The van der Waals surface area contributed by atoms with Gasteiger partial charge in [-0.15, -0.1) is 0 Å². The van der Waals surface area contributed by atoms with Crippen molar-refractivity contribution in [3.8, 4) is 11.1 Å². The van der Waals surface area contributed by atoms with Crippen LogP contribution in [0.4, 0.5) is 0 Å². The summed E-state index contributed by atoms with van der Waals surface area (Å²) in [5.74, 6) is -0.662. The van der Waals surface area contributed by atoms with Crippen LogP contribution in [0.15, 0.2) is 103 Å². The maximum atomic E-state index is 12.4. The van der Waals surface area contributed by atoms with Crippen LogP contribution in [0.25, 0.3) is 11.1 Å². The van der Waals surface area contributed by atoms with E-state index < -0.39 is 12.2 Å². The number of aliphatic hydroxyl groups excluding tert-OH is 1. The van der Waals surface area contributed by atoms with Crippen LogP contribution in [0.5, 0.6) is 0 Å². The van der Waals surface area contributed by atoms with E-state index >= 15 is 0 Å². The van der Waals surface area contributed by atoms with Crippen molar-refractivity contribution in [2.75, 3.05) is 13.6 Å². The molecule has 5 rings (SSSR count). The minimum atomic E-state index is -0.566. The van der Waals surface area contributed by atoms with E-state index in [-0.39, 0.29) is 43.6 Å². The number of amides is 2. The third kappa shape index (κ3) is 9.37. The summed E-state index contributed by atoms with van der Waals surface area (Å²) in [5.41, 5.74) is 8.64. The lowest BCUT2D eigenvalue weighted by Crippen LogP contribution is -2.38. The second-order valence-electron chi connectivity index (χ2n) is 12.3. The molecule has 0 bridgehead atoms. The minimum absolute atomic E-state index is 0.00428. The molecule has 2 amide bonds. The van der Waals surface area contributed by atoms with Crippen molar-refractivity contribution in [1.29, 1.82) is 0 Å². The summed E-state index contributed by atoms with van der Waals surface area (Å²) in [5, 5.41) is 21.1. The summed E-state index contributed by atoms with van der Waals surface area (Å²) in [6.45, 7) is 3.28. The second kappa shape index (κ2) is 17.1. The molecule has 0 aliphatic carbocycles. The van der Waals surface area contributed by atoms with Crippen LogP contribution < -0.4 is 10.8 Å². The molecule has 4 atom stereocenters. The molecular formula is C39H45N3O6. The number of aliphatic hydroxyl groups is 1. The van der Waals surface area contributed by atoms with Crippen LogP contribution in [0.3, 0.4) is 0 Å². The van der Waals surface area contributed by atoms with E-state index in [1.165, 1.54) is 5.56 Å². The Hall–Kier alpha value is -4.38. The smallest absolute Gasteiger partial charge is 0.243 e. The van der Waals surface area contributed by atoms with Crippen molar-refractivity contribution in [2.24, 2.45) is 0 Å². The van der Waals surface area contributed by atoms with Crippen LogP contribution in [0.2, 0.25) is 0 Å². The number of rotatable bonds is 14. The Labute approximate surface area is 282 Å². The molecule has 252 valence electrons. The fourth-order valence-corrected chi connectivity index (χ4v) is 6.02. The van der Waals surface area contributed by atoms with Gasteiger partial charge in [-0.05, 0) is 53.8 Å². The lowest BCUT2D eigenvalue weighted by molar-refractivity contribution is -0.253. The Morgan fingerprint density at radius 2 is 1.52 bits per heavy atom. The number of carbonyl (C=O) groups is 2. The molecule has 0 unspecified atom stereocenters. The topological polar surface area (TPSA) is 120 Å². The third-order valence-corrected chi connectivity index (χ3v) is 8.97. The largest absolute Gasteiger partial charge is 0.392 e. The van der Waals surface area contributed by atoms with Crippen molar-refractivity contribution >= 4 is 11.8 Å². The zero-order valence-corrected chi connectivity index (χ0v) is 27.5. The van der Waals surface area contributed by atoms with Crippen LogP contribution in [0.1, 0.15) is 78.9 Å². The van der Waals surface area contributed by atoms with Crippen molar-refractivity contribution < 1.29 is 29.4 Å². The quantitative estimate of drug-likeness (QED) is 0.0923. The van der Waals surface area contributed by atoms with Crippen molar-refractivity contribution in [3.63, 3.8) is 0 Å². The summed E-state index contributed by atoms with van der Waals surface area (Å²) in [6.07, 6.45) is 0.511. The highest BCUT2D eigenvalue weighted by atomic mass is 16.7. The maximum Gasteiger partial charge on any atom is 0.243 e. The third-order valence-electron chi connectivity index (χ3n) is 8.97. The standard InChI is InChI=1S/C39H45N3O6/c1-27(29-9-4-3-5-10-29)42(2)25-34-23-36(31-17-15-28(26-43)16-18-31)48-39(47-34)32-21-19-30(20-22-32)35-12-7-6-11-33(35)24-40-37(44)13-8-14-38(45)41-46/h3-7,9-12,15-22,27,34,36,39,43,46H,8,13-14,23-26H2,1-2H3,(H,40,44)(H,41,45)/t27-,34-,36+,39+/m0/s1. The number of hydroxylamine groups is 1. The summed E-state index contributed by atoms with van der Waals surface area (Å²) >= 11 is 0. The summed E-state index contributed by atoms with van der Waals surface area (Å²) in [7, 11) is 2.13. The van der Waals surface area contributed by atoms with E-state index in [1.54, 1.807) is 5.48 Å². The number of ether oxygens (including phenoxy) is 2. The van der Waals surface area contributed by atoms with Crippen LogP contribution in [0, 0.1) is 0 Å². The number of hydrogen-bond donors (Lipinski definition) is 4. The Morgan fingerprint density at radius 1 is 0.854 bits per heavy atom. The fourth-order valence-electron chi connectivity index (χ4n) is 6.02. The first-order chi connectivity index (χ1) is 23.3. The average molecular weight is 652 g/mol. The van der Waals surface area contributed by atoms with E-state index in [2.05, 4.69) is 60.6 Å². The highest BCUT2D eigenvalue weighted by molar-refractivity contribution is 5.78. The molecule has 4 aromatic carbocycles. The number of likely N-dealkylation sites (N-methyl/N-ethyl adjacent to an activating group) is 1. The van der Waals surface area contributed by atoms with Gasteiger partial charge in [0.15, 0.2) is 6.29 Å². The molecule has 0 saturated carbocycles. The SMILES string of the molecule is C[C@@H](c1ccccc1)N(C)C[C@@H]1C[C@H](c2ccc(CO)cc2)O[C@H](c2ccc(-c3ccccc3CNC(=O)CCCC(=O)NO)cc2)O1. The normalized spacial score (nSPS) is 18.3. The molecule has 1 saturated heterocycles. The first kappa shape index (κ1) is 34.9. The Bertz CT molecular complexity index is 1610. The molecule has 9 nitrogen and oxygen atoms in total. The predicted molar refractivity (Wildman–Crippen MR) is 183 cm³/mol. The Morgan fingerprint density at radius 3 is 2.23 bits per heavy atom. The molecule has 1 aliphatic heterocycles. The van der Waals surface area contributed by atoms with Gasteiger partial charge in [-0.2, -0.15) is 0 Å². The molecule has 9 heteroatoms. The predicted octanol–water partition coefficient (Wildman–Crippen LogP) is 6.38. The lowest BCUT2D eigenvalue weighted by Gasteiger charge is -2.39. The van der Waals surface area contributed by atoms with Gasteiger partial charge in [-0.1, -0.05) is 103 Å². The van der Waals surface area contributed by atoms with Gasteiger partial charge < -0.3 is 19.9 Å². The molecule has 0 radical (unpaired) electrons. The molecule has 1 heterocycles. The molecule has 1 aliphatic rings. The zero-order valence-electron chi connectivity index (χ0n) is 27.5. The molecule has 48 heavy (non-hydrogen) atoms. The lowest BCUT2D eigenvalue weighted by atomic mass is 9.97. The molecule has 4 aromatic rings. The van der Waals surface area contributed by atoms with Gasteiger partial charge in [0.1, 0.15) is 0 Å². The van der Waals surface area contributed by atoms with E-state index in [0.717, 1.165) is 39.9 Å². The van der Waals surface area contributed by atoms with E-state index in [9.17, 15) is 14.7 Å². The zero-order chi connectivity index (χ0) is 33.9. The minimum Gasteiger partial charge on any atom is -0.392 e. The van der Waals surface area contributed by atoms with Gasteiger partial charge in [-0.25, -0.2) is 5.48 Å². The number of nitrogens with zero attached hydrogens (tertiary/aromatic N) is 1.